The second kappa shape index (κ2) is 7.00. The van der Waals surface area contributed by atoms with Gasteiger partial charge in [-0.25, -0.2) is 0 Å². The number of anilines is 1. The summed E-state index contributed by atoms with van der Waals surface area (Å²) in [6, 6.07) is 4.69. The zero-order valence-corrected chi connectivity index (χ0v) is 12.5. The molecule has 1 aliphatic heterocycles. The molecule has 122 valence electrons. The van der Waals surface area contributed by atoms with Gasteiger partial charge in [0.2, 0.25) is 5.91 Å². The number of nitrogens with one attached hydrogen (secondary N) is 1. The van der Waals surface area contributed by atoms with Gasteiger partial charge in [-0.2, -0.15) is 13.2 Å². The van der Waals surface area contributed by atoms with E-state index in [9.17, 15) is 18.0 Å². The van der Waals surface area contributed by atoms with E-state index in [0.29, 0.717) is 18.8 Å². The number of carbonyl (C=O) groups excluding carboxylic acids is 1. The van der Waals surface area contributed by atoms with E-state index in [1.165, 1.54) is 12.1 Å². The van der Waals surface area contributed by atoms with Crippen LogP contribution in [0.1, 0.15) is 12.5 Å². The van der Waals surface area contributed by atoms with Gasteiger partial charge in [-0.15, -0.1) is 0 Å². The number of hydrogen-bond acceptors (Lipinski definition) is 3. The molecule has 22 heavy (non-hydrogen) atoms. The number of nitrogens with zero attached hydrogens (tertiary/aromatic N) is 2. The number of rotatable bonds is 4. The second-order valence-electron chi connectivity index (χ2n) is 5.24. The highest BCUT2D eigenvalue weighted by molar-refractivity contribution is 5.81. The number of hydrogen-bond donors (Lipinski definition) is 1. The number of piperazine rings is 1. The van der Waals surface area contributed by atoms with E-state index in [1.54, 1.807) is 4.90 Å². The minimum atomic E-state index is -4.34. The zero-order valence-electron chi connectivity index (χ0n) is 12.5. The normalized spacial score (nSPS) is 16.6. The van der Waals surface area contributed by atoms with Crippen LogP contribution in [0.4, 0.5) is 18.9 Å². The lowest BCUT2D eigenvalue weighted by molar-refractivity contribution is -0.137. The fourth-order valence-electron chi connectivity index (χ4n) is 2.38. The molecule has 7 heteroatoms. The summed E-state index contributed by atoms with van der Waals surface area (Å²) in [4.78, 5) is 16.1. The molecule has 0 spiro atoms. The molecule has 1 saturated heterocycles. The summed E-state index contributed by atoms with van der Waals surface area (Å²) in [6.45, 7) is 6.28. The van der Waals surface area contributed by atoms with Gasteiger partial charge < -0.3 is 15.1 Å². The van der Waals surface area contributed by atoms with Crippen molar-refractivity contribution < 1.29 is 18.0 Å². The molecule has 0 atom stereocenters. The number of likely N-dealkylation sites (N-methyl/N-ethyl adjacent to an activating group) is 1. The Morgan fingerprint density at radius 2 is 1.73 bits per heavy atom. The summed E-state index contributed by atoms with van der Waals surface area (Å²) in [6.07, 6.45) is -4.34. The molecule has 0 bridgehead atoms. The Kier molecular flexibility index (Phi) is 5.28. The molecule has 1 fully saturated rings. The van der Waals surface area contributed by atoms with E-state index in [-0.39, 0.29) is 12.5 Å². The van der Waals surface area contributed by atoms with Crippen LogP contribution < -0.4 is 5.32 Å². The van der Waals surface area contributed by atoms with Gasteiger partial charge in [0.05, 0.1) is 12.1 Å². The lowest BCUT2D eigenvalue weighted by Gasteiger charge is -2.34. The van der Waals surface area contributed by atoms with Crippen molar-refractivity contribution in [1.29, 1.82) is 0 Å². The monoisotopic (exact) mass is 315 g/mol. The van der Waals surface area contributed by atoms with Crippen LogP contribution in [0.15, 0.2) is 24.3 Å². The van der Waals surface area contributed by atoms with Crippen molar-refractivity contribution in [1.82, 2.24) is 9.80 Å². The first-order valence-electron chi connectivity index (χ1n) is 7.31. The molecule has 0 saturated carbocycles. The first kappa shape index (κ1) is 16.6. The largest absolute Gasteiger partial charge is 0.416 e. The summed E-state index contributed by atoms with van der Waals surface area (Å²) < 4.78 is 37.4. The van der Waals surface area contributed by atoms with Crippen molar-refractivity contribution in [2.75, 3.05) is 44.6 Å². The lowest BCUT2D eigenvalue weighted by atomic mass is 10.2. The number of halogens is 3. The predicted octanol–water partition coefficient (Wildman–Crippen LogP) is 2.28. The third-order valence-corrected chi connectivity index (χ3v) is 3.83. The van der Waals surface area contributed by atoms with Gasteiger partial charge in [-0.3, -0.25) is 4.79 Å². The second-order valence-corrected chi connectivity index (χ2v) is 5.24. The summed E-state index contributed by atoms with van der Waals surface area (Å²) >= 11 is 0. The molecule has 1 amide bonds. The Labute approximate surface area is 127 Å². The molecule has 1 aromatic carbocycles. The molecule has 1 aliphatic rings. The number of amides is 1. The Morgan fingerprint density at radius 3 is 2.23 bits per heavy atom. The van der Waals surface area contributed by atoms with Gasteiger partial charge >= 0.3 is 6.18 Å². The zero-order chi connectivity index (χ0) is 16.2. The van der Waals surface area contributed by atoms with E-state index >= 15 is 0 Å². The third-order valence-electron chi connectivity index (χ3n) is 3.83. The summed E-state index contributed by atoms with van der Waals surface area (Å²) in [5.41, 5.74) is -0.186. The Bertz CT molecular complexity index is 494. The van der Waals surface area contributed by atoms with E-state index in [0.717, 1.165) is 31.8 Å². The molecule has 0 aromatic heterocycles. The molecule has 4 nitrogen and oxygen atoms in total. The number of alkyl halides is 3. The van der Waals surface area contributed by atoms with Crippen molar-refractivity contribution in [2.45, 2.75) is 13.1 Å². The molecule has 0 radical (unpaired) electrons. The van der Waals surface area contributed by atoms with E-state index in [4.69, 9.17) is 0 Å². The third kappa shape index (κ3) is 4.37. The average molecular weight is 315 g/mol. The molecule has 0 unspecified atom stereocenters. The minimum absolute atomic E-state index is 0.0318. The maximum absolute atomic E-state index is 12.5. The molecular weight excluding hydrogens is 295 g/mol. The first-order chi connectivity index (χ1) is 10.4. The van der Waals surface area contributed by atoms with Crippen molar-refractivity contribution in [2.24, 2.45) is 0 Å². The van der Waals surface area contributed by atoms with Crippen LogP contribution in [0, 0.1) is 0 Å². The Morgan fingerprint density at radius 1 is 1.14 bits per heavy atom. The van der Waals surface area contributed by atoms with E-state index in [2.05, 4.69) is 17.1 Å². The molecule has 2 rings (SSSR count). The predicted molar refractivity (Wildman–Crippen MR) is 78.6 cm³/mol. The Hall–Kier alpha value is -1.76. The molecule has 1 heterocycles. The summed E-state index contributed by atoms with van der Waals surface area (Å²) in [5, 5.41) is 2.87. The molecule has 1 N–H and O–H groups in total. The fourth-order valence-corrected chi connectivity index (χ4v) is 2.38. The Balaban J connectivity index is 1.81. The highest BCUT2D eigenvalue weighted by Crippen LogP contribution is 2.29. The quantitative estimate of drug-likeness (QED) is 0.926. The number of benzene rings is 1. The van der Waals surface area contributed by atoms with Crippen LogP contribution in [-0.2, 0) is 11.0 Å². The van der Waals surface area contributed by atoms with Crippen molar-refractivity contribution >= 4 is 11.6 Å². The lowest BCUT2D eigenvalue weighted by Crippen LogP contribution is -2.49. The SMILES string of the molecule is CCN1CCN(C(=O)CNc2ccc(C(F)(F)F)cc2)CC1. The van der Waals surface area contributed by atoms with E-state index in [1.807, 2.05) is 0 Å². The average Bonchev–Trinajstić information content (AvgIpc) is 2.52. The molecular formula is C15H20F3N3O. The van der Waals surface area contributed by atoms with Crippen LogP contribution in [0.3, 0.4) is 0 Å². The standard InChI is InChI=1S/C15H20F3N3O/c1-2-20-7-9-21(10-8-20)14(22)11-19-13-5-3-12(4-6-13)15(16,17)18/h3-6,19H,2,7-11H2,1H3. The van der Waals surface area contributed by atoms with Gasteiger partial charge in [-0.1, -0.05) is 6.92 Å². The van der Waals surface area contributed by atoms with Gasteiger partial charge in [0.1, 0.15) is 0 Å². The molecule has 0 aliphatic carbocycles. The van der Waals surface area contributed by atoms with Crippen molar-refractivity contribution in [3.8, 4) is 0 Å². The maximum Gasteiger partial charge on any atom is 0.416 e. The molecule has 1 aromatic rings. The maximum atomic E-state index is 12.5. The summed E-state index contributed by atoms with van der Waals surface area (Å²) in [5.74, 6) is -0.0318. The van der Waals surface area contributed by atoms with Crippen LogP contribution in [0.5, 0.6) is 0 Å². The topological polar surface area (TPSA) is 35.6 Å². The van der Waals surface area contributed by atoms with Gasteiger partial charge in [0, 0.05) is 31.9 Å². The van der Waals surface area contributed by atoms with Crippen LogP contribution in [0.25, 0.3) is 0 Å². The smallest absolute Gasteiger partial charge is 0.376 e. The van der Waals surface area contributed by atoms with Crippen LogP contribution in [-0.4, -0.2) is 55.0 Å². The highest BCUT2D eigenvalue weighted by Gasteiger charge is 2.30. The van der Waals surface area contributed by atoms with Crippen LogP contribution >= 0.6 is 0 Å². The fraction of sp³-hybridized carbons (Fsp3) is 0.533. The summed E-state index contributed by atoms with van der Waals surface area (Å²) in [7, 11) is 0. The van der Waals surface area contributed by atoms with Crippen LogP contribution in [0.2, 0.25) is 0 Å². The number of carbonyl (C=O) groups is 1. The highest BCUT2D eigenvalue weighted by atomic mass is 19.4. The first-order valence-corrected chi connectivity index (χ1v) is 7.31. The van der Waals surface area contributed by atoms with E-state index < -0.39 is 11.7 Å². The van der Waals surface area contributed by atoms with Gasteiger partial charge in [-0.05, 0) is 30.8 Å². The van der Waals surface area contributed by atoms with Crippen molar-refractivity contribution in [3.63, 3.8) is 0 Å². The van der Waals surface area contributed by atoms with Crippen molar-refractivity contribution in [3.05, 3.63) is 29.8 Å². The van der Waals surface area contributed by atoms with Gasteiger partial charge in [0.15, 0.2) is 0 Å². The minimum Gasteiger partial charge on any atom is -0.376 e. The van der Waals surface area contributed by atoms with Gasteiger partial charge in [0.25, 0.3) is 0 Å².